The smallest absolute Gasteiger partial charge is 0.356 e. The van der Waals surface area contributed by atoms with Crippen LogP contribution >= 0.6 is 11.6 Å². The number of aromatic amines is 1. The number of carboxylic acids is 1. The first-order valence-corrected chi connectivity index (χ1v) is 4.76. The van der Waals surface area contributed by atoms with Crippen LogP contribution in [0.15, 0.2) is 6.07 Å². The van der Waals surface area contributed by atoms with Gasteiger partial charge in [0, 0.05) is 11.1 Å². The highest BCUT2D eigenvalue weighted by atomic mass is 35.5. The molecule has 3 N–H and O–H groups in total. The zero-order valence-electron chi connectivity index (χ0n) is 9.27. The van der Waals surface area contributed by atoms with Crippen LogP contribution in [0.2, 0.25) is 0 Å². The summed E-state index contributed by atoms with van der Waals surface area (Å²) in [7, 11) is 0. The number of rotatable bonds is 1. The average molecular weight is 251 g/mol. The number of nitrogens with one attached hydrogen (secondary N) is 1. The minimum Gasteiger partial charge on any atom is -0.483 e. The van der Waals surface area contributed by atoms with E-state index in [0.29, 0.717) is 5.38 Å². The summed E-state index contributed by atoms with van der Waals surface area (Å²) >= 11 is 5.27. The van der Waals surface area contributed by atoms with E-state index in [-0.39, 0.29) is 12.2 Å². The van der Waals surface area contributed by atoms with E-state index in [4.69, 9.17) is 26.6 Å². The van der Waals surface area contributed by atoms with Crippen molar-refractivity contribution in [2.45, 2.75) is 26.1 Å². The summed E-state index contributed by atoms with van der Waals surface area (Å²) in [6.45, 7) is 5.36. The molecule has 0 aliphatic heterocycles. The van der Waals surface area contributed by atoms with Crippen LogP contribution in [0.3, 0.4) is 0 Å². The van der Waals surface area contributed by atoms with Crippen LogP contribution in [0, 0.1) is 6.92 Å². The number of hydrogen-bond acceptors (Lipinski definition) is 3. The van der Waals surface area contributed by atoms with Gasteiger partial charge in [0.2, 0.25) is 0 Å². The fourth-order valence-electron chi connectivity index (χ4n) is 0.528. The van der Waals surface area contributed by atoms with Gasteiger partial charge in [-0.15, -0.1) is 11.6 Å². The van der Waals surface area contributed by atoms with Gasteiger partial charge in [-0.25, -0.2) is 4.79 Å². The molecule has 6 nitrogen and oxygen atoms in total. The number of aromatic carboxylic acids is 1. The van der Waals surface area contributed by atoms with Crippen LogP contribution in [-0.2, 0) is 4.79 Å². The summed E-state index contributed by atoms with van der Waals surface area (Å²) in [5.74, 6) is -1.00. The lowest BCUT2D eigenvalue weighted by Crippen LogP contribution is -1.95. The molecule has 1 rings (SSSR count). The van der Waals surface area contributed by atoms with Crippen molar-refractivity contribution in [2.24, 2.45) is 0 Å². The number of aryl methyl sites for hydroxylation is 1. The second kappa shape index (κ2) is 9.97. The van der Waals surface area contributed by atoms with Crippen molar-refractivity contribution in [1.82, 2.24) is 10.2 Å². The van der Waals surface area contributed by atoms with Gasteiger partial charge in [-0.3, -0.25) is 9.89 Å². The van der Waals surface area contributed by atoms with E-state index < -0.39 is 5.97 Å². The van der Waals surface area contributed by atoms with Crippen LogP contribution in [0.5, 0.6) is 0 Å². The Balaban J connectivity index is 0. The van der Waals surface area contributed by atoms with Gasteiger partial charge in [-0.05, 0) is 26.8 Å². The third-order valence-corrected chi connectivity index (χ3v) is 0.925. The number of carbonyl (C=O) groups is 2. The van der Waals surface area contributed by atoms with Crippen molar-refractivity contribution in [3.8, 4) is 0 Å². The van der Waals surface area contributed by atoms with Crippen LogP contribution in [0.4, 0.5) is 0 Å². The molecule has 92 valence electrons. The molecule has 0 saturated carbocycles. The van der Waals surface area contributed by atoms with E-state index in [1.165, 1.54) is 6.07 Å². The quantitative estimate of drug-likeness (QED) is 0.520. The van der Waals surface area contributed by atoms with Crippen LogP contribution < -0.4 is 0 Å². The Morgan fingerprint density at radius 3 is 2.12 bits per heavy atom. The molecule has 0 aromatic carbocycles. The molecule has 1 aromatic rings. The molecule has 0 radical (unpaired) electrons. The highest BCUT2D eigenvalue weighted by molar-refractivity contribution is 6.20. The number of nitrogens with zero attached hydrogens (tertiary/aromatic N) is 1. The molecule has 0 unspecified atom stereocenters. The molecule has 0 aliphatic carbocycles. The number of carboxylic acid groups (broad SMARTS) is 2. The summed E-state index contributed by atoms with van der Waals surface area (Å²) in [5.41, 5.74) is 0.819. The summed E-state index contributed by atoms with van der Waals surface area (Å²) in [4.78, 5) is 18.5. The van der Waals surface area contributed by atoms with Gasteiger partial charge < -0.3 is 10.2 Å². The second-order valence-corrected chi connectivity index (χ2v) is 3.73. The maximum atomic E-state index is 10.1. The van der Waals surface area contributed by atoms with Crippen molar-refractivity contribution in [3.63, 3.8) is 0 Å². The van der Waals surface area contributed by atoms with E-state index >= 15 is 0 Å². The Labute approximate surface area is 98.2 Å². The average Bonchev–Trinajstić information content (AvgIpc) is 2.52. The fraction of sp³-hybridized carbons (Fsp3) is 0.444. The Hall–Kier alpha value is -1.56. The number of hydrogen-bond donors (Lipinski definition) is 3. The van der Waals surface area contributed by atoms with Crippen molar-refractivity contribution in [3.05, 3.63) is 17.5 Å². The predicted octanol–water partition coefficient (Wildman–Crippen LogP) is 1.75. The van der Waals surface area contributed by atoms with Gasteiger partial charge >= 0.3 is 5.97 Å². The highest BCUT2D eigenvalue weighted by Crippen LogP contribution is 1.95. The zero-order chi connectivity index (χ0) is 13.1. The lowest BCUT2D eigenvalue weighted by Gasteiger charge is -1.77. The van der Waals surface area contributed by atoms with Crippen LogP contribution in [0.25, 0.3) is 0 Å². The minimum atomic E-state index is -1.00. The molecule has 0 bridgehead atoms. The summed E-state index contributed by atoms with van der Waals surface area (Å²) < 4.78 is 0. The Morgan fingerprint density at radius 1 is 1.62 bits per heavy atom. The van der Waals surface area contributed by atoms with Crippen LogP contribution in [-0.4, -0.2) is 38.2 Å². The van der Waals surface area contributed by atoms with Gasteiger partial charge in [0.25, 0.3) is 6.47 Å². The van der Waals surface area contributed by atoms with Gasteiger partial charge in [0.1, 0.15) is 0 Å². The molecule has 16 heavy (non-hydrogen) atoms. The summed E-state index contributed by atoms with van der Waals surface area (Å²) in [5, 5.41) is 21.5. The van der Waals surface area contributed by atoms with E-state index in [1.54, 1.807) is 6.92 Å². The molecule has 0 atom stereocenters. The number of halogens is 1. The number of aromatic nitrogens is 2. The summed E-state index contributed by atoms with van der Waals surface area (Å²) in [6.07, 6.45) is 0. The standard InChI is InChI=1S/C5H6N2O2.C3H7Cl.CH2O2/c1-3-2-4(5(8)9)7-6-3;1-3(2)4;2-1-3/h2H,1H3,(H,6,7)(H,8,9);3H,1-2H3;1H,(H,2,3). The van der Waals surface area contributed by atoms with E-state index in [9.17, 15) is 4.79 Å². The third-order valence-electron chi connectivity index (χ3n) is 0.925. The molecule has 1 aromatic heterocycles. The Kier molecular flexibility index (Phi) is 10.5. The summed E-state index contributed by atoms with van der Waals surface area (Å²) in [6, 6.07) is 1.47. The largest absolute Gasteiger partial charge is 0.483 e. The van der Waals surface area contributed by atoms with Gasteiger partial charge in [0.15, 0.2) is 5.69 Å². The molecule has 0 saturated heterocycles. The minimum absolute atomic E-state index is 0.0625. The van der Waals surface area contributed by atoms with Gasteiger partial charge in [-0.1, -0.05) is 0 Å². The monoisotopic (exact) mass is 250 g/mol. The molecule has 0 aliphatic rings. The molecule has 0 spiro atoms. The van der Waals surface area contributed by atoms with Crippen molar-refractivity contribution < 1.29 is 19.8 Å². The van der Waals surface area contributed by atoms with E-state index in [0.717, 1.165) is 5.69 Å². The topological polar surface area (TPSA) is 103 Å². The van der Waals surface area contributed by atoms with Crippen molar-refractivity contribution in [1.29, 1.82) is 0 Å². The normalized spacial score (nSPS) is 8.31. The lowest BCUT2D eigenvalue weighted by atomic mass is 10.4. The molecule has 0 amide bonds. The molecule has 1 heterocycles. The van der Waals surface area contributed by atoms with Gasteiger partial charge in [0.05, 0.1) is 0 Å². The highest BCUT2D eigenvalue weighted by Gasteiger charge is 2.04. The molecule has 7 heteroatoms. The Bertz CT molecular complexity index is 309. The van der Waals surface area contributed by atoms with E-state index in [1.807, 2.05) is 13.8 Å². The molecule has 0 fully saturated rings. The first kappa shape index (κ1) is 16.9. The maximum Gasteiger partial charge on any atom is 0.356 e. The lowest BCUT2D eigenvalue weighted by molar-refractivity contribution is -0.122. The first-order chi connectivity index (χ1) is 7.34. The van der Waals surface area contributed by atoms with Gasteiger partial charge in [-0.2, -0.15) is 5.10 Å². The zero-order valence-corrected chi connectivity index (χ0v) is 10.0. The SMILES string of the molecule is CC(C)Cl.Cc1cc(C(=O)O)n[nH]1.O=CO. The second-order valence-electron chi connectivity index (χ2n) is 2.86. The molecular formula is C9H15ClN2O4. The van der Waals surface area contributed by atoms with E-state index in [2.05, 4.69) is 10.2 Å². The fourth-order valence-corrected chi connectivity index (χ4v) is 0.528. The van der Waals surface area contributed by atoms with Crippen molar-refractivity contribution >= 4 is 24.0 Å². The van der Waals surface area contributed by atoms with Crippen molar-refractivity contribution in [2.75, 3.05) is 0 Å². The first-order valence-electron chi connectivity index (χ1n) is 4.32. The number of H-pyrrole nitrogens is 1. The Morgan fingerprint density at radius 2 is 2.00 bits per heavy atom. The predicted molar refractivity (Wildman–Crippen MR) is 60.0 cm³/mol. The molecular weight excluding hydrogens is 236 g/mol. The maximum absolute atomic E-state index is 10.1. The number of alkyl halides is 1. The third kappa shape index (κ3) is 12.4. The van der Waals surface area contributed by atoms with Crippen LogP contribution in [0.1, 0.15) is 30.0 Å².